The van der Waals surface area contributed by atoms with Gasteiger partial charge >= 0.3 is 0 Å². The first kappa shape index (κ1) is 14.2. The van der Waals surface area contributed by atoms with Crippen LogP contribution in [0.5, 0.6) is 0 Å². The van der Waals surface area contributed by atoms with Crippen LogP contribution < -0.4 is 0 Å². The van der Waals surface area contributed by atoms with Crippen LogP contribution in [0, 0.1) is 29.6 Å². The van der Waals surface area contributed by atoms with Crippen LogP contribution in [0.3, 0.4) is 0 Å². The number of amides is 1. The number of hydrogen-bond acceptors (Lipinski definition) is 2. The quantitative estimate of drug-likeness (QED) is 0.862. The van der Waals surface area contributed by atoms with Crippen molar-refractivity contribution in [2.24, 2.45) is 17.8 Å². The Morgan fingerprint density at radius 2 is 2.10 bits per heavy atom. The minimum absolute atomic E-state index is 0.132. The lowest BCUT2D eigenvalue weighted by atomic mass is 10.0. The molecule has 110 valence electrons. The maximum Gasteiger partial charge on any atom is 0.225 e. The molecule has 0 spiro atoms. The SMILES string of the molecule is CN(Cc1cccc(C#CCO)c1)C(=O)C1CC2CC2C1. The fraction of sp³-hybridized carbons (Fsp3) is 0.500. The Morgan fingerprint density at radius 1 is 1.33 bits per heavy atom. The first-order valence-corrected chi connectivity index (χ1v) is 7.61. The second-order valence-corrected chi connectivity index (χ2v) is 6.28. The molecule has 0 heterocycles. The summed E-state index contributed by atoms with van der Waals surface area (Å²) in [5, 5.41) is 8.73. The molecule has 1 aromatic carbocycles. The monoisotopic (exact) mass is 283 g/mol. The Balaban J connectivity index is 1.61. The Kier molecular flexibility index (Phi) is 3.98. The van der Waals surface area contributed by atoms with E-state index in [9.17, 15) is 4.79 Å². The summed E-state index contributed by atoms with van der Waals surface area (Å²) in [5.74, 6) is 7.76. The number of nitrogens with zero attached hydrogens (tertiary/aromatic N) is 1. The van der Waals surface area contributed by atoms with E-state index in [4.69, 9.17) is 5.11 Å². The van der Waals surface area contributed by atoms with Crippen molar-refractivity contribution in [3.63, 3.8) is 0 Å². The molecule has 0 aromatic heterocycles. The van der Waals surface area contributed by atoms with E-state index in [0.717, 1.165) is 35.8 Å². The molecule has 0 bridgehead atoms. The molecule has 2 atom stereocenters. The third kappa shape index (κ3) is 3.28. The molecule has 2 saturated carbocycles. The third-order valence-electron chi connectivity index (χ3n) is 4.63. The van der Waals surface area contributed by atoms with Gasteiger partial charge in [0, 0.05) is 25.1 Å². The van der Waals surface area contributed by atoms with Gasteiger partial charge < -0.3 is 10.0 Å². The van der Waals surface area contributed by atoms with Gasteiger partial charge in [-0.25, -0.2) is 0 Å². The fourth-order valence-corrected chi connectivity index (χ4v) is 3.47. The summed E-state index contributed by atoms with van der Waals surface area (Å²) in [4.78, 5) is 14.3. The minimum atomic E-state index is -0.132. The van der Waals surface area contributed by atoms with Gasteiger partial charge in [-0.05, 0) is 48.8 Å². The average Bonchev–Trinajstić information content (AvgIpc) is 3.10. The smallest absolute Gasteiger partial charge is 0.225 e. The number of rotatable bonds is 3. The lowest BCUT2D eigenvalue weighted by molar-refractivity contribution is -0.134. The van der Waals surface area contributed by atoms with E-state index in [1.165, 1.54) is 6.42 Å². The first-order chi connectivity index (χ1) is 10.2. The zero-order chi connectivity index (χ0) is 14.8. The van der Waals surface area contributed by atoms with Crippen LogP contribution in [0.4, 0.5) is 0 Å². The van der Waals surface area contributed by atoms with Crippen molar-refractivity contribution < 1.29 is 9.90 Å². The number of fused-ring (bicyclic) bond motifs is 1. The first-order valence-electron chi connectivity index (χ1n) is 7.61. The molecule has 3 heteroatoms. The molecule has 0 saturated heterocycles. The van der Waals surface area contributed by atoms with Gasteiger partial charge in [-0.15, -0.1) is 0 Å². The summed E-state index contributed by atoms with van der Waals surface area (Å²) in [6.45, 7) is 0.492. The van der Waals surface area contributed by atoms with Crippen LogP contribution in [-0.2, 0) is 11.3 Å². The third-order valence-corrected chi connectivity index (χ3v) is 4.63. The number of hydrogen-bond donors (Lipinski definition) is 1. The van der Waals surface area contributed by atoms with Crippen molar-refractivity contribution in [1.29, 1.82) is 0 Å². The zero-order valence-electron chi connectivity index (χ0n) is 12.4. The number of aliphatic hydroxyl groups is 1. The highest BCUT2D eigenvalue weighted by Crippen LogP contribution is 2.54. The van der Waals surface area contributed by atoms with Gasteiger partial charge in [0.25, 0.3) is 0 Å². The Hall–Kier alpha value is -1.79. The molecular weight excluding hydrogens is 262 g/mol. The Morgan fingerprint density at radius 3 is 2.81 bits per heavy atom. The van der Waals surface area contributed by atoms with E-state index in [1.807, 2.05) is 36.2 Å². The van der Waals surface area contributed by atoms with E-state index in [2.05, 4.69) is 11.8 Å². The largest absolute Gasteiger partial charge is 0.384 e. The molecule has 2 unspecified atom stereocenters. The molecule has 1 amide bonds. The van der Waals surface area contributed by atoms with Crippen LogP contribution in [-0.4, -0.2) is 29.6 Å². The van der Waals surface area contributed by atoms with E-state index >= 15 is 0 Å². The van der Waals surface area contributed by atoms with Crippen molar-refractivity contribution in [1.82, 2.24) is 4.90 Å². The number of aliphatic hydroxyl groups excluding tert-OH is 1. The van der Waals surface area contributed by atoms with E-state index < -0.39 is 0 Å². The van der Waals surface area contributed by atoms with Gasteiger partial charge in [0.15, 0.2) is 0 Å². The van der Waals surface area contributed by atoms with Gasteiger partial charge in [0.05, 0.1) is 0 Å². The number of carbonyl (C=O) groups excluding carboxylic acids is 1. The van der Waals surface area contributed by atoms with Crippen LogP contribution in [0.2, 0.25) is 0 Å². The number of carbonyl (C=O) groups is 1. The van der Waals surface area contributed by atoms with E-state index in [-0.39, 0.29) is 18.4 Å². The van der Waals surface area contributed by atoms with Crippen LogP contribution >= 0.6 is 0 Å². The topological polar surface area (TPSA) is 40.5 Å². The highest BCUT2D eigenvalue weighted by atomic mass is 16.2. The van der Waals surface area contributed by atoms with Gasteiger partial charge in [0.2, 0.25) is 5.91 Å². The summed E-state index contributed by atoms with van der Waals surface area (Å²) in [6.07, 6.45) is 3.53. The van der Waals surface area contributed by atoms with Crippen molar-refractivity contribution in [2.75, 3.05) is 13.7 Å². The second kappa shape index (κ2) is 5.91. The molecule has 0 radical (unpaired) electrons. The standard InChI is InChI=1S/C18H21NO2/c1-19(18(21)17-10-15-9-16(15)11-17)12-14-5-2-4-13(8-14)6-3-7-20/h2,4-5,8,15-17,20H,7,9-12H2,1H3. The molecule has 21 heavy (non-hydrogen) atoms. The lowest BCUT2D eigenvalue weighted by Crippen LogP contribution is -2.31. The summed E-state index contributed by atoms with van der Waals surface area (Å²) in [6, 6.07) is 7.86. The highest BCUT2D eigenvalue weighted by molar-refractivity contribution is 5.79. The normalized spacial score (nSPS) is 25.7. The van der Waals surface area contributed by atoms with Crippen LogP contribution in [0.25, 0.3) is 0 Å². The Bertz CT molecular complexity index is 589. The summed E-state index contributed by atoms with van der Waals surface area (Å²) < 4.78 is 0. The maximum atomic E-state index is 12.4. The zero-order valence-corrected chi connectivity index (χ0v) is 12.4. The molecule has 1 aromatic rings. The number of benzene rings is 1. The predicted molar refractivity (Wildman–Crippen MR) is 81.2 cm³/mol. The lowest BCUT2D eigenvalue weighted by Gasteiger charge is -2.22. The Labute approximate surface area is 126 Å². The minimum Gasteiger partial charge on any atom is -0.384 e. The van der Waals surface area contributed by atoms with Gasteiger partial charge in [-0.1, -0.05) is 24.0 Å². The molecule has 3 nitrogen and oxygen atoms in total. The summed E-state index contributed by atoms with van der Waals surface area (Å²) in [5.41, 5.74) is 1.96. The molecule has 3 rings (SSSR count). The molecule has 2 fully saturated rings. The maximum absolute atomic E-state index is 12.4. The highest BCUT2D eigenvalue weighted by Gasteiger charge is 2.48. The van der Waals surface area contributed by atoms with Crippen molar-refractivity contribution in [3.05, 3.63) is 35.4 Å². The summed E-state index contributed by atoms with van der Waals surface area (Å²) in [7, 11) is 1.89. The van der Waals surface area contributed by atoms with E-state index in [1.54, 1.807) is 0 Å². The summed E-state index contributed by atoms with van der Waals surface area (Å²) >= 11 is 0. The van der Waals surface area contributed by atoms with Crippen molar-refractivity contribution in [2.45, 2.75) is 25.8 Å². The van der Waals surface area contributed by atoms with Gasteiger partial charge in [0.1, 0.15) is 6.61 Å². The van der Waals surface area contributed by atoms with Gasteiger partial charge in [-0.3, -0.25) is 4.79 Å². The predicted octanol–water partition coefficient (Wildman–Crippen LogP) is 2.03. The molecule has 2 aliphatic rings. The van der Waals surface area contributed by atoms with Gasteiger partial charge in [-0.2, -0.15) is 0 Å². The molecule has 1 N–H and O–H groups in total. The van der Waals surface area contributed by atoms with Crippen molar-refractivity contribution in [3.8, 4) is 11.8 Å². The second-order valence-electron chi connectivity index (χ2n) is 6.28. The average molecular weight is 283 g/mol. The molecular formula is C18H21NO2. The fourth-order valence-electron chi connectivity index (χ4n) is 3.47. The van der Waals surface area contributed by atoms with Crippen LogP contribution in [0.1, 0.15) is 30.4 Å². The van der Waals surface area contributed by atoms with Crippen LogP contribution in [0.15, 0.2) is 24.3 Å². The molecule has 0 aliphatic heterocycles. The molecule has 2 aliphatic carbocycles. The van der Waals surface area contributed by atoms with Crippen molar-refractivity contribution >= 4 is 5.91 Å². The van der Waals surface area contributed by atoms with E-state index in [0.29, 0.717) is 6.54 Å².